The average Bonchev–Trinajstić information content (AvgIpc) is 1.64. The summed E-state index contributed by atoms with van der Waals surface area (Å²) in [5, 5.41) is 7.95. The molecule has 0 spiro atoms. The SMILES string of the molecule is CCOS(=O)(=O)OCO. The molecule has 6 heteroatoms. The highest BCUT2D eigenvalue weighted by Gasteiger charge is 2.07. The van der Waals surface area contributed by atoms with Crippen LogP contribution in [-0.4, -0.2) is 26.9 Å². The monoisotopic (exact) mass is 156 g/mol. The van der Waals surface area contributed by atoms with Crippen LogP contribution in [0, 0.1) is 0 Å². The Bertz CT molecular complexity index is 136. The van der Waals surface area contributed by atoms with Crippen molar-refractivity contribution in [2.24, 2.45) is 0 Å². The first kappa shape index (κ1) is 8.83. The molecule has 1 N–H and O–H groups in total. The Labute approximate surface area is 53.5 Å². The second-order valence-corrected chi connectivity index (χ2v) is 2.35. The lowest BCUT2D eigenvalue weighted by molar-refractivity contribution is 0.0838. The van der Waals surface area contributed by atoms with E-state index in [-0.39, 0.29) is 6.61 Å². The molecule has 0 fully saturated rings. The highest BCUT2D eigenvalue weighted by Crippen LogP contribution is 1.92. The summed E-state index contributed by atoms with van der Waals surface area (Å²) in [7, 11) is -3.93. The molecule has 0 aliphatic heterocycles. The third kappa shape index (κ3) is 4.34. The molecule has 0 aromatic rings. The maximum absolute atomic E-state index is 10.2. The van der Waals surface area contributed by atoms with Gasteiger partial charge in [-0.25, -0.2) is 8.37 Å². The van der Waals surface area contributed by atoms with Crippen LogP contribution >= 0.6 is 0 Å². The highest BCUT2D eigenvalue weighted by atomic mass is 32.3. The van der Waals surface area contributed by atoms with Gasteiger partial charge in [0, 0.05) is 0 Å². The van der Waals surface area contributed by atoms with Crippen molar-refractivity contribution in [3.63, 3.8) is 0 Å². The van der Waals surface area contributed by atoms with Crippen LogP contribution in [-0.2, 0) is 18.8 Å². The van der Waals surface area contributed by atoms with Crippen molar-refractivity contribution in [2.45, 2.75) is 6.92 Å². The van der Waals surface area contributed by atoms with Gasteiger partial charge in [-0.2, -0.15) is 8.42 Å². The summed E-state index contributed by atoms with van der Waals surface area (Å²) in [5.74, 6) is 0. The Hall–Kier alpha value is -0.170. The normalized spacial score (nSPS) is 11.8. The van der Waals surface area contributed by atoms with Gasteiger partial charge in [-0.3, -0.25) is 0 Å². The van der Waals surface area contributed by atoms with Gasteiger partial charge in [0.25, 0.3) is 0 Å². The van der Waals surface area contributed by atoms with Crippen LogP contribution in [0.5, 0.6) is 0 Å². The molecule has 0 unspecified atom stereocenters. The van der Waals surface area contributed by atoms with Gasteiger partial charge < -0.3 is 5.11 Å². The molecule has 0 atom stereocenters. The van der Waals surface area contributed by atoms with Crippen molar-refractivity contribution < 1.29 is 21.9 Å². The third-order valence-electron chi connectivity index (χ3n) is 0.459. The first-order chi connectivity index (χ1) is 4.12. The number of aliphatic hydroxyl groups is 1. The van der Waals surface area contributed by atoms with E-state index in [0.29, 0.717) is 0 Å². The van der Waals surface area contributed by atoms with Crippen molar-refractivity contribution in [1.29, 1.82) is 0 Å². The van der Waals surface area contributed by atoms with Crippen LogP contribution in [0.4, 0.5) is 0 Å². The topological polar surface area (TPSA) is 72.8 Å². The van der Waals surface area contributed by atoms with Crippen LogP contribution in [0.2, 0.25) is 0 Å². The maximum atomic E-state index is 10.2. The van der Waals surface area contributed by atoms with Crippen molar-refractivity contribution in [1.82, 2.24) is 0 Å². The Morgan fingerprint density at radius 1 is 1.44 bits per heavy atom. The van der Waals surface area contributed by atoms with E-state index in [4.69, 9.17) is 5.11 Å². The van der Waals surface area contributed by atoms with Crippen molar-refractivity contribution in [2.75, 3.05) is 13.4 Å². The smallest absolute Gasteiger partial charge is 0.369 e. The van der Waals surface area contributed by atoms with Crippen LogP contribution in [0.15, 0.2) is 0 Å². The van der Waals surface area contributed by atoms with Crippen molar-refractivity contribution >= 4 is 10.4 Å². The van der Waals surface area contributed by atoms with Crippen LogP contribution in [0.1, 0.15) is 6.92 Å². The summed E-state index contributed by atoms with van der Waals surface area (Å²) in [4.78, 5) is 0. The molecule has 0 aliphatic rings. The lowest BCUT2D eigenvalue weighted by Gasteiger charge is -1.98. The largest absolute Gasteiger partial charge is 0.402 e. The second-order valence-electron chi connectivity index (χ2n) is 1.06. The fourth-order valence-corrected chi connectivity index (χ4v) is 0.729. The molecule has 56 valence electrons. The van der Waals surface area contributed by atoms with Gasteiger partial charge in [0.1, 0.15) is 0 Å². The molecule has 0 radical (unpaired) electrons. The summed E-state index contributed by atoms with van der Waals surface area (Å²) in [6, 6.07) is 0. The molecule has 0 amide bonds. The Morgan fingerprint density at radius 3 is 2.33 bits per heavy atom. The second kappa shape index (κ2) is 3.78. The standard InChI is InChI=1S/C3H8O5S/c1-2-7-9(5,6)8-3-4/h4H,2-3H2,1H3. The third-order valence-corrected chi connectivity index (χ3v) is 1.38. The molecule has 0 aromatic heterocycles. The molecular weight excluding hydrogens is 148 g/mol. The van der Waals surface area contributed by atoms with Gasteiger partial charge in [-0.05, 0) is 6.92 Å². The van der Waals surface area contributed by atoms with Gasteiger partial charge in [-0.1, -0.05) is 0 Å². The van der Waals surface area contributed by atoms with Gasteiger partial charge in [0.2, 0.25) is 0 Å². The zero-order chi connectivity index (χ0) is 7.33. The number of hydrogen-bond acceptors (Lipinski definition) is 5. The number of hydrogen-bond donors (Lipinski definition) is 1. The van der Waals surface area contributed by atoms with Gasteiger partial charge in [0.15, 0.2) is 6.79 Å². The Morgan fingerprint density at radius 2 is 2.00 bits per heavy atom. The van der Waals surface area contributed by atoms with E-state index in [0.717, 1.165) is 0 Å². The maximum Gasteiger partial charge on any atom is 0.402 e. The zero-order valence-electron chi connectivity index (χ0n) is 4.90. The Kier molecular flexibility index (Phi) is 3.71. The van der Waals surface area contributed by atoms with E-state index in [1.54, 1.807) is 0 Å². The minimum Gasteiger partial charge on any atom is -0.369 e. The fraction of sp³-hybridized carbons (Fsp3) is 1.00. The lowest BCUT2D eigenvalue weighted by atomic mass is 10.9. The van der Waals surface area contributed by atoms with Gasteiger partial charge >= 0.3 is 10.4 Å². The molecule has 9 heavy (non-hydrogen) atoms. The molecule has 0 aromatic carbocycles. The van der Waals surface area contributed by atoms with Gasteiger partial charge in [-0.15, -0.1) is 0 Å². The molecule has 0 rings (SSSR count). The molecule has 0 bridgehead atoms. The van der Waals surface area contributed by atoms with Crippen LogP contribution in [0.25, 0.3) is 0 Å². The molecule has 5 nitrogen and oxygen atoms in total. The first-order valence-electron chi connectivity index (χ1n) is 2.27. The zero-order valence-corrected chi connectivity index (χ0v) is 5.72. The van der Waals surface area contributed by atoms with Crippen LogP contribution < -0.4 is 0 Å². The average molecular weight is 156 g/mol. The highest BCUT2D eigenvalue weighted by molar-refractivity contribution is 7.81. The molecule has 0 saturated carbocycles. The van der Waals surface area contributed by atoms with E-state index in [1.807, 2.05) is 0 Å². The minimum atomic E-state index is -3.93. The van der Waals surface area contributed by atoms with Gasteiger partial charge in [0.05, 0.1) is 6.61 Å². The number of aliphatic hydroxyl groups excluding tert-OH is 1. The van der Waals surface area contributed by atoms with E-state index < -0.39 is 17.2 Å². The van der Waals surface area contributed by atoms with Crippen LogP contribution in [0.3, 0.4) is 0 Å². The first-order valence-corrected chi connectivity index (χ1v) is 3.60. The van der Waals surface area contributed by atoms with E-state index >= 15 is 0 Å². The van der Waals surface area contributed by atoms with Crippen molar-refractivity contribution in [3.05, 3.63) is 0 Å². The summed E-state index contributed by atoms with van der Waals surface area (Å²) >= 11 is 0. The predicted octanol–water partition coefficient (Wildman–Crippen LogP) is -0.766. The van der Waals surface area contributed by atoms with E-state index in [1.165, 1.54) is 6.92 Å². The number of rotatable bonds is 4. The lowest BCUT2D eigenvalue weighted by Crippen LogP contribution is -2.10. The van der Waals surface area contributed by atoms with E-state index in [9.17, 15) is 8.42 Å². The minimum absolute atomic E-state index is 0.00231. The summed E-state index contributed by atoms with van der Waals surface area (Å²) in [6.45, 7) is 0.614. The molecule has 0 aliphatic carbocycles. The quantitative estimate of drug-likeness (QED) is 0.541. The van der Waals surface area contributed by atoms with Crippen molar-refractivity contribution in [3.8, 4) is 0 Å². The summed E-state index contributed by atoms with van der Waals surface area (Å²) < 4.78 is 28.3. The molecular formula is C3H8O5S. The predicted molar refractivity (Wildman–Crippen MR) is 28.7 cm³/mol. The van der Waals surface area contributed by atoms with E-state index in [2.05, 4.69) is 8.37 Å². The molecule has 0 saturated heterocycles. The fourth-order valence-electron chi connectivity index (χ4n) is 0.243. The summed E-state index contributed by atoms with van der Waals surface area (Å²) in [5.41, 5.74) is 0. The summed E-state index contributed by atoms with van der Waals surface area (Å²) in [6.07, 6.45) is 0. The Balaban J connectivity index is 3.73. The molecule has 0 heterocycles.